The van der Waals surface area contributed by atoms with Gasteiger partial charge in [0.25, 0.3) is 0 Å². The number of carbonyl (C=O) groups is 1. The zero-order valence-electron chi connectivity index (χ0n) is 6.26. The monoisotopic (exact) mass is 202 g/mol. The summed E-state index contributed by atoms with van der Waals surface area (Å²) in [5, 5.41) is 0. The van der Waals surface area contributed by atoms with Gasteiger partial charge in [-0.05, 0) is 6.07 Å². The van der Waals surface area contributed by atoms with E-state index in [2.05, 4.69) is 4.42 Å². The fraction of sp³-hybridized carbons (Fsp3) is 0. The molecule has 0 aromatic carbocycles. The number of hydrogen-bond acceptors (Lipinski definition) is 2. The summed E-state index contributed by atoms with van der Waals surface area (Å²) in [6, 6.07) is 0.984. The normalized spacial score (nSPS) is 10.6. The summed E-state index contributed by atoms with van der Waals surface area (Å²) in [5.41, 5.74) is -2.27. The van der Waals surface area contributed by atoms with Crippen LogP contribution in [0, 0.1) is 0 Å². The van der Waals surface area contributed by atoms with E-state index in [0.29, 0.717) is 0 Å². The van der Waals surface area contributed by atoms with Gasteiger partial charge in [0.2, 0.25) is 0 Å². The van der Waals surface area contributed by atoms with Gasteiger partial charge in [0.1, 0.15) is 5.68 Å². The van der Waals surface area contributed by atoms with Crippen LogP contribution in [0.4, 0.5) is 12.9 Å². The van der Waals surface area contributed by atoms with E-state index in [9.17, 15) is 17.7 Å². The predicted octanol–water partition coefficient (Wildman–Crippen LogP) is -1.15. The third kappa shape index (κ3) is 3.06. The second kappa shape index (κ2) is 4.61. The molecule has 0 saturated carbocycles. The molecule has 0 aliphatic carbocycles. The SMILES string of the molecule is O=C(c1ccoc1)[B-](F)(F)F.[K+]. The molecule has 0 fully saturated rings. The number of furan rings is 1. The third-order valence-electron chi connectivity index (χ3n) is 1.10. The summed E-state index contributed by atoms with van der Waals surface area (Å²) < 4.78 is 39.4. The van der Waals surface area contributed by atoms with Crippen LogP contribution in [-0.2, 0) is 0 Å². The molecule has 0 radical (unpaired) electrons. The van der Waals surface area contributed by atoms with E-state index in [4.69, 9.17) is 0 Å². The Labute approximate surface area is 109 Å². The van der Waals surface area contributed by atoms with Gasteiger partial charge in [-0.1, -0.05) is 0 Å². The zero-order valence-corrected chi connectivity index (χ0v) is 9.38. The van der Waals surface area contributed by atoms with Crippen LogP contribution in [0.3, 0.4) is 0 Å². The molecule has 0 aliphatic rings. The summed E-state index contributed by atoms with van der Waals surface area (Å²) in [6.07, 6.45) is 1.80. The summed E-state index contributed by atoms with van der Waals surface area (Å²) in [6.45, 7) is -5.42. The van der Waals surface area contributed by atoms with Crippen LogP contribution in [0.1, 0.15) is 10.4 Å². The molecule has 0 saturated heterocycles. The molecule has 2 nitrogen and oxygen atoms in total. The molecule has 1 rings (SSSR count). The van der Waals surface area contributed by atoms with Gasteiger partial charge < -0.3 is 22.2 Å². The molecule has 0 spiro atoms. The van der Waals surface area contributed by atoms with Gasteiger partial charge in [-0.15, -0.1) is 0 Å². The Morgan fingerprint density at radius 1 is 1.42 bits per heavy atom. The van der Waals surface area contributed by atoms with Crippen molar-refractivity contribution >= 4 is 12.7 Å². The van der Waals surface area contributed by atoms with Crippen molar-refractivity contribution in [2.75, 3.05) is 0 Å². The number of carbonyl (C=O) groups excluding carboxylic acids is 1. The van der Waals surface area contributed by atoms with Gasteiger partial charge in [0.15, 0.2) is 0 Å². The Morgan fingerprint density at radius 2 is 2.00 bits per heavy atom. The first-order chi connectivity index (χ1) is 5.02. The van der Waals surface area contributed by atoms with E-state index >= 15 is 0 Å². The van der Waals surface area contributed by atoms with Crippen molar-refractivity contribution in [3.05, 3.63) is 24.2 Å². The van der Waals surface area contributed by atoms with Crippen LogP contribution >= 0.6 is 0 Å². The fourth-order valence-electron chi connectivity index (χ4n) is 0.594. The minimum Gasteiger partial charge on any atom is -0.472 e. The molecule has 1 aromatic rings. The van der Waals surface area contributed by atoms with Crippen LogP contribution in [0.2, 0.25) is 0 Å². The molecule has 7 heteroatoms. The van der Waals surface area contributed by atoms with Crippen molar-refractivity contribution in [1.29, 1.82) is 0 Å². The summed E-state index contributed by atoms with van der Waals surface area (Å²) in [4.78, 5) is 10.4. The molecule has 0 amide bonds. The maximum absolute atomic E-state index is 11.7. The van der Waals surface area contributed by atoms with Crippen molar-refractivity contribution in [2.24, 2.45) is 0 Å². The van der Waals surface area contributed by atoms with E-state index in [1.54, 1.807) is 0 Å². The van der Waals surface area contributed by atoms with E-state index in [-0.39, 0.29) is 51.4 Å². The minimum absolute atomic E-state index is 0. The van der Waals surface area contributed by atoms with Crippen LogP contribution in [0.15, 0.2) is 23.0 Å². The molecule has 0 atom stereocenters. The summed E-state index contributed by atoms with van der Waals surface area (Å²) in [5.74, 6) is 0. The topological polar surface area (TPSA) is 30.2 Å². The molecule has 0 unspecified atom stereocenters. The Hall–Kier alpha value is 0.441. The number of hydrogen-bond donors (Lipinski definition) is 0. The smallest absolute Gasteiger partial charge is 0.472 e. The zero-order chi connectivity index (χ0) is 8.48. The molecule has 1 aromatic heterocycles. The minimum atomic E-state index is -5.42. The molecule has 1 heterocycles. The Kier molecular flexibility index (Phi) is 4.78. The van der Waals surface area contributed by atoms with Crippen LogP contribution in [0.5, 0.6) is 0 Å². The first-order valence-electron chi connectivity index (χ1n) is 2.78. The third-order valence-corrected chi connectivity index (χ3v) is 1.10. The molecule has 0 bridgehead atoms. The van der Waals surface area contributed by atoms with Gasteiger partial charge in [-0.3, -0.25) is 0 Å². The summed E-state index contributed by atoms with van der Waals surface area (Å²) >= 11 is 0. The molecular weight excluding hydrogens is 199 g/mol. The number of rotatable bonds is 2. The maximum Gasteiger partial charge on any atom is 1.00 e. The van der Waals surface area contributed by atoms with E-state index < -0.39 is 18.2 Å². The van der Waals surface area contributed by atoms with Crippen molar-refractivity contribution < 1.29 is 73.5 Å². The van der Waals surface area contributed by atoms with Crippen molar-refractivity contribution in [2.45, 2.75) is 0 Å². The van der Waals surface area contributed by atoms with Crippen molar-refractivity contribution in [3.8, 4) is 0 Å². The molecule has 0 aliphatic heterocycles. The number of halogens is 3. The Balaban J connectivity index is 0.00000121. The maximum atomic E-state index is 11.7. The summed E-state index contributed by atoms with van der Waals surface area (Å²) in [7, 11) is 0. The largest absolute Gasteiger partial charge is 1.00 e. The average molecular weight is 202 g/mol. The first kappa shape index (κ1) is 12.4. The molecular formula is C5H3BF3KO2. The Bertz CT molecular complexity index is 256. The molecule has 60 valence electrons. The second-order valence-corrected chi connectivity index (χ2v) is 1.95. The standard InChI is InChI=1S/C5H3BF3O2.K/c7-6(8,9)5(10)4-1-2-11-3-4;/h1-3H;/q-1;+1. The van der Waals surface area contributed by atoms with Gasteiger partial charge >= 0.3 is 58.4 Å². The van der Waals surface area contributed by atoms with E-state index in [1.807, 2.05) is 0 Å². The van der Waals surface area contributed by atoms with Crippen molar-refractivity contribution in [1.82, 2.24) is 0 Å². The van der Waals surface area contributed by atoms with Crippen molar-refractivity contribution in [3.63, 3.8) is 0 Å². The van der Waals surface area contributed by atoms with Crippen LogP contribution in [-0.4, -0.2) is 12.7 Å². The molecule has 0 N–H and O–H groups in total. The second-order valence-electron chi connectivity index (χ2n) is 1.95. The van der Waals surface area contributed by atoms with E-state index in [0.717, 1.165) is 18.6 Å². The van der Waals surface area contributed by atoms with Gasteiger partial charge in [0, 0.05) is 5.56 Å². The van der Waals surface area contributed by atoms with Gasteiger partial charge in [-0.2, -0.15) is 0 Å². The molecule has 12 heavy (non-hydrogen) atoms. The van der Waals surface area contributed by atoms with E-state index in [1.165, 1.54) is 0 Å². The first-order valence-corrected chi connectivity index (χ1v) is 2.78. The quantitative estimate of drug-likeness (QED) is 0.567. The van der Waals surface area contributed by atoms with Crippen LogP contribution in [0.25, 0.3) is 0 Å². The van der Waals surface area contributed by atoms with Gasteiger partial charge in [-0.25, -0.2) is 0 Å². The average Bonchev–Trinajstić information content (AvgIpc) is 2.34. The predicted molar refractivity (Wildman–Crippen MR) is 32.1 cm³/mol. The fourth-order valence-corrected chi connectivity index (χ4v) is 0.594. The van der Waals surface area contributed by atoms with Crippen LogP contribution < -0.4 is 51.4 Å². The van der Waals surface area contributed by atoms with Gasteiger partial charge in [0.05, 0.1) is 12.5 Å². The Morgan fingerprint density at radius 3 is 2.33 bits per heavy atom.